The summed E-state index contributed by atoms with van der Waals surface area (Å²) in [5.41, 5.74) is 3.05. The zero-order valence-corrected chi connectivity index (χ0v) is 6.16. The quantitative estimate of drug-likeness (QED) is 0.612. The van der Waals surface area contributed by atoms with Crippen LogP contribution in [0.5, 0.6) is 0 Å². The molecule has 0 aliphatic rings. The second-order valence-corrected chi connectivity index (χ2v) is 2.20. The van der Waals surface area contributed by atoms with Crippen LogP contribution in [0.1, 0.15) is 5.76 Å². The Bertz CT molecular complexity index is 171. The normalized spacial score (nSPS) is 10.7. The molecule has 1 aromatic rings. The highest BCUT2D eigenvalue weighted by atomic mass is 16.3. The minimum absolute atomic E-state index is 0.688. The molecule has 4 heteroatoms. The number of hydrogen-bond donors (Lipinski definition) is 1. The van der Waals surface area contributed by atoms with E-state index in [1.807, 2.05) is 19.1 Å². The SMILES string of the molecule is CN(C)NCc1cnco1. The Morgan fingerprint density at radius 3 is 3.00 bits per heavy atom. The van der Waals surface area contributed by atoms with E-state index in [9.17, 15) is 0 Å². The monoisotopic (exact) mass is 141 g/mol. The van der Waals surface area contributed by atoms with Crippen LogP contribution in [0.25, 0.3) is 0 Å². The van der Waals surface area contributed by atoms with Gasteiger partial charge < -0.3 is 4.42 Å². The van der Waals surface area contributed by atoms with Gasteiger partial charge in [0.05, 0.1) is 12.7 Å². The standard InChI is InChI=1S/C6H11N3O/c1-9(2)8-4-6-3-7-5-10-6/h3,5,8H,4H2,1-2H3. The Kier molecular flexibility index (Phi) is 2.42. The first-order valence-corrected chi connectivity index (χ1v) is 3.07. The summed E-state index contributed by atoms with van der Waals surface area (Å²) in [5.74, 6) is 0.841. The van der Waals surface area contributed by atoms with Crippen molar-refractivity contribution in [2.75, 3.05) is 14.1 Å². The lowest BCUT2D eigenvalue weighted by Crippen LogP contribution is -2.29. The molecule has 1 heterocycles. The van der Waals surface area contributed by atoms with E-state index >= 15 is 0 Å². The minimum atomic E-state index is 0.688. The van der Waals surface area contributed by atoms with Crippen LogP contribution < -0.4 is 5.43 Å². The largest absolute Gasteiger partial charge is 0.447 e. The maximum Gasteiger partial charge on any atom is 0.180 e. The van der Waals surface area contributed by atoms with Gasteiger partial charge in [-0.25, -0.2) is 10.4 Å². The van der Waals surface area contributed by atoms with Gasteiger partial charge in [0.25, 0.3) is 0 Å². The molecule has 1 N–H and O–H groups in total. The Labute approximate surface area is 59.8 Å². The molecule has 0 fully saturated rings. The number of aromatic nitrogens is 1. The van der Waals surface area contributed by atoms with Crippen molar-refractivity contribution in [2.45, 2.75) is 6.54 Å². The van der Waals surface area contributed by atoms with E-state index in [-0.39, 0.29) is 0 Å². The lowest BCUT2D eigenvalue weighted by Gasteiger charge is -2.08. The fourth-order valence-corrected chi connectivity index (χ4v) is 0.565. The highest BCUT2D eigenvalue weighted by molar-refractivity contribution is 4.86. The van der Waals surface area contributed by atoms with Crippen LogP contribution in [-0.4, -0.2) is 24.1 Å². The van der Waals surface area contributed by atoms with E-state index < -0.39 is 0 Å². The van der Waals surface area contributed by atoms with E-state index in [1.165, 1.54) is 6.39 Å². The summed E-state index contributed by atoms with van der Waals surface area (Å²) in [5, 5.41) is 1.86. The minimum Gasteiger partial charge on any atom is -0.447 e. The summed E-state index contributed by atoms with van der Waals surface area (Å²) < 4.78 is 4.98. The molecular weight excluding hydrogens is 130 g/mol. The number of hydrazine groups is 1. The molecule has 0 bridgehead atoms. The molecule has 0 unspecified atom stereocenters. The summed E-state index contributed by atoms with van der Waals surface area (Å²) in [6.07, 6.45) is 3.11. The molecule has 0 spiro atoms. The van der Waals surface area contributed by atoms with Crippen molar-refractivity contribution in [1.29, 1.82) is 0 Å². The number of nitrogens with one attached hydrogen (secondary N) is 1. The van der Waals surface area contributed by atoms with Crippen molar-refractivity contribution in [2.24, 2.45) is 0 Å². The summed E-state index contributed by atoms with van der Waals surface area (Å²) in [4.78, 5) is 3.77. The van der Waals surface area contributed by atoms with Crippen molar-refractivity contribution in [1.82, 2.24) is 15.4 Å². The number of nitrogens with zero attached hydrogens (tertiary/aromatic N) is 2. The van der Waals surface area contributed by atoms with Gasteiger partial charge in [-0.1, -0.05) is 0 Å². The van der Waals surface area contributed by atoms with Gasteiger partial charge in [0.15, 0.2) is 6.39 Å². The van der Waals surface area contributed by atoms with Crippen molar-refractivity contribution in [3.05, 3.63) is 18.4 Å². The van der Waals surface area contributed by atoms with Crippen molar-refractivity contribution < 1.29 is 4.42 Å². The van der Waals surface area contributed by atoms with Gasteiger partial charge in [0.1, 0.15) is 5.76 Å². The van der Waals surface area contributed by atoms with Crippen LogP contribution in [0.2, 0.25) is 0 Å². The topological polar surface area (TPSA) is 41.3 Å². The molecule has 0 amide bonds. The van der Waals surface area contributed by atoms with Crippen LogP contribution in [0, 0.1) is 0 Å². The number of hydrogen-bond acceptors (Lipinski definition) is 4. The lowest BCUT2D eigenvalue weighted by atomic mass is 10.5. The van der Waals surface area contributed by atoms with E-state index in [2.05, 4.69) is 10.4 Å². The van der Waals surface area contributed by atoms with Gasteiger partial charge in [-0.15, -0.1) is 0 Å². The number of oxazole rings is 1. The van der Waals surface area contributed by atoms with Crippen molar-refractivity contribution in [3.63, 3.8) is 0 Å². The summed E-state index contributed by atoms with van der Waals surface area (Å²) in [6, 6.07) is 0. The zero-order chi connectivity index (χ0) is 7.40. The van der Waals surface area contributed by atoms with E-state index in [0.717, 1.165) is 5.76 Å². The molecule has 10 heavy (non-hydrogen) atoms. The second-order valence-electron chi connectivity index (χ2n) is 2.20. The second kappa shape index (κ2) is 3.34. The van der Waals surface area contributed by atoms with Crippen LogP contribution >= 0.6 is 0 Å². The van der Waals surface area contributed by atoms with Crippen molar-refractivity contribution >= 4 is 0 Å². The van der Waals surface area contributed by atoms with Gasteiger partial charge in [0.2, 0.25) is 0 Å². The predicted molar refractivity (Wildman–Crippen MR) is 37.0 cm³/mol. The average Bonchev–Trinajstić information content (AvgIpc) is 2.34. The first-order chi connectivity index (χ1) is 4.79. The van der Waals surface area contributed by atoms with Gasteiger partial charge in [-0.3, -0.25) is 5.01 Å². The molecule has 0 saturated heterocycles. The molecule has 0 atom stereocenters. The van der Waals surface area contributed by atoms with Crippen LogP contribution in [-0.2, 0) is 6.54 Å². The highest BCUT2D eigenvalue weighted by Crippen LogP contribution is 1.94. The van der Waals surface area contributed by atoms with Gasteiger partial charge >= 0.3 is 0 Å². The molecular formula is C6H11N3O. The highest BCUT2D eigenvalue weighted by Gasteiger charge is 1.94. The van der Waals surface area contributed by atoms with Crippen molar-refractivity contribution in [3.8, 4) is 0 Å². The van der Waals surface area contributed by atoms with E-state index in [0.29, 0.717) is 6.54 Å². The third-order valence-electron chi connectivity index (χ3n) is 1.05. The molecule has 1 aromatic heterocycles. The average molecular weight is 141 g/mol. The predicted octanol–water partition coefficient (Wildman–Crippen LogP) is 0.241. The fraction of sp³-hybridized carbons (Fsp3) is 0.500. The van der Waals surface area contributed by atoms with Gasteiger partial charge in [0, 0.05) is 14.1 Å². The molecule has 56 valence electrons. The Hall–Kier alpha value is -0.870. The first kappa shape index (κ1) is 7.24. The fourth-order valence-electron chi connectivity index (χ4n) is 0.565. The molecule has 0 radical (unpaired) electrons. The first-order valence-electron chi connectivity index (χ1n) is 3.07. The maximum absolute atomic E-state index is 4.98. The smallest absolute Gasteiger partial charge is 0.180 e. The van der Waals surface area contributed by atoms with Gasteiger partial charge in [-0.2, -0.15) is 0 Å². The van der Waals surface area contributed by atoms with Gasteiger partial charge in [-0.05, 0) is 0 Å². The molecule has 0 aliphatic carbocycles. The molecule has 0 aliphatic heterocycles. The molecule has 0 aromatic carbocycles. The van der Waals surface area contributed by atoms with E-state index in [4.69, 9.17) is 4.42 Å². The van der Waals surface area contributed by atoms with Crippen LogP contribution in [0.3, 0.4) is 0 Å². The molecule has 4 nitrogen and oxygen atoms in total. The Morgan fingerprint density at radius 2 is 2.50 bits per heavy atom. The summed E-state index contributed by atoms with van der Waals surface area (Å²) in [7, 11) is 3.85. The Morgan fingerprint density at radius 1 is 1.70 bits per heavy atom. The van der Waals surface area contributed by atoms with E-state index in [1.54, 1.807) is 6.20 Å². The Balaban J connectivity index is 2.28. The van der Waals surface area contributed by atoms with Crippen LogP contribution in [0.15, 0.2) is 17.0 Å². The molecule has 1 rings (SSSR count). The van der Waals surface area contributed by atoms with Crippen LogP contribution in [0.4, 0.5) is 0 Å². The zero-order valence-electron chi connectivity index (χ0n) is 6.16. The maximum atomic E-state index is 4.98. The third-order valence-corrected chi connectivity index (χ3v) is 1.05. The summed E-state index contributed by atoms with van der Waals surface area (Å²) >= 11 is 0. The lowest BCUT2D eigenvalue weighted by molar-refractivity contribution is 0.271. The molecule has 0 saturated carbocycles. The summed E-state index contributed by atoms with van der Waals surface area (Å²) in [6.45, 7) is 0.688. The third kappa shape index (κ3) is 2.16. The number of rotatable bonds is 3.